The lowest BCUT2D eigenvalue weighted by molar-refractivity contribution is 0.222. The SMILES string of the molecule is CCOP(=O)(C/C=C/c1ccccc1)OCC.ClC/C=C/c1ccccc1. The maximum Gasteiger partial charge on any atom is 0.334 e. The minimum Gasteiger partial charge on any atom is -0.309 e. The minimum absolute atomic E-state index is 0.309. The van der Waals surface area contributed by atoms with E-state index in [-0.39, 0.29) is 0 Å². The molecular weight excluding hydrogens is 379 g/mol. The molecule has 0 saturated heterocycles. The Bertz CT molecular complexity index is 705. The largest absolute Gasteiger partial charge is 0.334 e. The van der Waals surface area contributed by atoms with E-state index < -0.39 is 7.60 Å². The molecule has 0 atom stereocenters. The van der Waals surface area contributed by atoms with Crippen LogP contribution >= 0.6 is 19.2 Å². The third-order valence-corrected chi connectivity index (χ3v) is 5.43. The summed E-state index contributed by atoms with van der Waals surface area (Å²) in [5, 5.41) is 0. The van der Waals surface area contributed by atoms with Crippen LogP contribution in [-0.2, 0) is 13.6 Å². The predicted octanol–water partition coefficient (Wildman–Crippen LogP) is 6.90. The molecule has 0 fully saturated rings. The van der Waals surface area contributed by atoms with Crippen molar-refractivity contribution in [2.75, 3.05) is 25.3 Å². The van der Waals surface area contributed by atoms with Crippen molar-refractivity contribution in [3.05, 3.63) is 83.9 Å². The average molecular weight is 407 g/mol. The van der Waals surface area contributed by atoms with Crippen LogP contribution in [0.2, 0.25) is 0 Å². The van der Waals surface area contributed by atoms with Crippen molar-refractivity contribution in [1.82, 2.24) is 0 Å². The fraction of sp³-hybridized carbons (Fsp3) is 0.273. The third kappa shape index (κ3) is 10.9. The molecule has 0 aromatic heterocycles. The molecule has 0 radical (unpaired) electrons. The van der Waals surface area contributed by atoms with E-state index in [1.165, 1.54) is 5.56 Å². The second-order valence-electron chi connectivity index (χ2n) is 5.41. The molecule has 0 saturated carbocycles. The second kappa shape index (κ2) is 14.4. The fourth-order valence-corrected chi connectivity index (χ4v) is 3.69. The Hall–Kier alpha value is -1.64. The molecule has 0 aliphatic heterocycles. The number of halogens is 1. The Morgan fingerprint density at radius 1 is 0.815 bits per heavy atom. The summed E-state index contributed by atoms with van der Waals surface area (Å²) < 4.78 is 22.5. The Morgan fingerprint density at radius 3 is 1.67 bits per heavy atom. The molecule has 0 spiro atoms. The standard InChI is InChI=1S/C13H19O3P.C9H9Cl/c1-3-15-17(14,16-4-2)12-8-11-13-9-6-5-7-10-13;10-8-4-7-9-5-2-1-3-6-9/h5-11H,3-4,12H2,1-2H3;1-7H,8H2/b11-8+;7-4+. The molecule has 0 amide bonds. The molecule has 2 aromatic rings. The summed E-state index contributed by atoms with van der Waals surface area (Å²) in [5.74, 6) is 0.578. The minimum atomic E-state index is -2.94. The zero-order valence-electron chi connectivity index (χ0n) is 16.0. The number of allylic oxidation sites excluding steroid dienone is 2. The van der Waals surface area contributed by atoms with Crippen molar-refractivity contribution >= 4 is 31.3 Å². The topological polar surface area (TPSA) is 35.5 Å². The molecule has 2 rings (SSSR count). The fourth-order valence-electron chi connectivity index (χ4n) is 2.16. The van der Waals surface area contributed by atoms with Gasteiger partial charge in [-0.05, 0) is 25.0 Å². The lowest BCUT2D eigenvalue weighted by Crippen LogP contribution is -1.98. The van der Waals surface area contributed by atoms with Gasteiger partial charge in [-0.3, -0.25) is 4.57 Å². The molecule has 0 aliphatic rings. The monoisotopic (exact) mass is 406 g/mol. The second-order valence-corrected chi connectivity index (χ2v) is 7.82. The quantitative estimate of drug-likeness (QED) is 0.335. The van der Waals surface area contributed by atoms with Crippen LogP contribution in [0.4, 0.5) is 0 Å². The van der Waals surface area contributed by atoms with Gasteiger partial charge in [-0.15, -0.1) is 11.6 Å². The number of benzene rings is 2. The van der Waals surface area contributed by atoms with Crippen molar-refractivity contribution in [1.29, 1.82) is 0 Å². The van der Waals surface area contributed by atoms with Crippen molar-refractivity contribution < 1.29 is 13.6 Å². The van der Waals surface area contributed by atoms with E-state index in [1.54, 1.807) is 0 Å². The summed E-state index contributed by atoms with van der Waals surface area (Å²) in [7, 11) is -2.94. The van der Waals surface area contributed by atoms with Gasteiger partial charge in [0, 0.05) is 5.88 Å². The first-order valence-corrected chi connectivity index (χ1v) is 11.3. The molecule has 0 unspecified atom stereocenters. The Labute approximate surface area is 168 Å². The first-order valence-electron chi connectivity index (χ1n) is 9.00. The lowest BCUT2D eigenvalue weighted by Gasteiger charge is -2.14. The summed E-state index contributed by atoms with van der Waals surface area (Å²) in [6, 6.07) is 20.0. The van der Waals surface area contributed by atoms with Gasteiger partial charge in [0.25, 0.3) is 0 Å². The molecule has 146 valence electrons. The zero-order chi connectivity index (χ0) is 19.8. The normalized spacial score (nSPS) is 11.5. The molecule has 0 bridgehead atoms. The van der Waals surface area contributed by atoms with Crippen molar-refractivity contribution in [3.63, 3.8) is 0 Å². The van der Waals surface area contributed by atoms with Crippen molar-refractivity contribution in [2.24, 2.45) is 0 Å². The summed E-state index contributed by atoms with van der Waals surface area (Å²) in [5.41, 5.74) is 2.27. The van der Waals surface area contributed by atoms with Crippen LogP contribution < -0.4 is 0 Å². The number of rotatable bonds is 9. The maximum absolute atomic E-state index is 12.1. The molecule has 3 nitrogen and oxygen atoms in total. The van der Waals surface area contributed by atoms with Crippen LogP contribution in [-0.4, -0.2) is 25.3 Å². The summed E-state index contributed by atoms with van der Waals surface area (Å²) in [6.07, 6.45) is 8.00. The number of alkyl halides is 1. The molecule has 27 heavy (non-hydrogen) atoms. The van der Waals surface area contributed by atoms with E-state index in [9.17, 15) is 4.57 Å². The zero-order valence-corrected chi connectivity index (χ0v) is 17.6. The van der Waals surface area contributed by atoms with Crippen LogP contribution in [0.15, 0.2) is 72.8 Å². The third-order valence-electron chi connectivity index (χ3n) is 3.29. The van der Waals surface area contributed by atoms with E-state index in [0.29, 0.717) is 25.3 Å². The van der Waals surface area contributed by atoms with Crippen LogP contribution in [0.25, 0.3) is 12.2 Å². The molecule has 0 heterocycles. The Kier molecular flexibility index (Phi) is 12.5. The highest BCUT2D eigenvalue weighted by Crippen LogP contribution is 2.47. The Balaban J connectivity index is 0.000000309. The summed E-state index contributed by atoms with van der Waals surface area (Å²) in [6.45, 7) is 4.42. The van der Waals surface area contributed by atoms with Crippen molar-refractivity contribution in [2.45, 2.75) is 13.8 Å². The molecule has 5 heteroatoms. The number of hydrogen-bond acceptors (Lipinski definition) is 3. The van der Waals surface area contributed by atoms with Gasteiger partial charge < -0.3 is 9.05 Å². The maximum atomic E-state index is 12.1. The van der Waals surface area contributed by atoms with Gasteiger partial charge in [0.15, 0.2) is 0 Å². The van der Waals surface area contributed by atoms with Crippen LogP contribution in [0.3, 0.4) is 0 Å². The van der Waals surface area contributed by atoms with E-state index >= 15 is 0 Å². The molecule has 2 aromatic carbocycles. The van der Waals surface area contributed by atoms with Gasteiger partial charge >= 0.3 is 7.60 Å². The average Bonchev–Trinajstić information content (AvgIpc) is 2.69. The predicted molar refractivity (Wildman–Crippen MR) is 117 cm³/mol. The molecule has 0 aliphatic carbocycles. The van der Waals surface area contributed by atoms with Gasteiger partial charge in [-0.2, -0.15) is 0 Å². The first-order chi connectivity index (χ1) is 13.1. The molecular formula is C22H28ClO3P. The van der Waals surface area contributed by atoms with Gasteiger partial charge in [0.2, 0.25) is 0 Å². The number of hydrogen-bond donors (Lipinski definition) is 0. The smallest absolute Gasteiger partial charge is 0.309 e. The van der Waals surface area contributed by atoms with Gasteiger partial charge in [-0.25, -0.2) is 0 Å². The Morgan fingerprint density at radius 2 is 1.26 bits per heavy atom. The van der Waals surface area contributed by atoms with Crippen molar-refractivity contribution in [3.8, 4) is 0 Å². The highest BCUT2D eigenvalue weighted by Gasteiger charge is 2.20. The first kappa shape index (κ1) is 23.4. The summed E-state index contributed by atoms with van der Waals surface area (Å²) >= 11 is 5.46. The van der Waals surface area contributed by atoms with Crippen LogP contribution in [0.5, 0.6) is 0 Å². The highest BCUT2D eigenvalue weighted by atomic mass is 35.5. The van der Waals surface area contributed by atoms with E-state index in [4.69, 9.17) is 20.6 Å². The van der Waals surface area contributed by atoms with Crippen LogP contribution in [0.1, 0.15) is 25.0 Å². The lowest BCUT2D eigenvalue weighted by atomic mass is 10.2. The van der Waals surface area contributed by atoms with Gasteiger partial charge in [0.05, 0.1) is 19.4 Å². The highest BCUT2D eigenvalue weighted by molar-refractivity contribution is 7.54. The van der Waals surface area contributed by atoms with Gasteiger partial charge in [0.1, 0.15) is 0 Å². The summed E-state index contributed by atoms with van der Waals surface area (Å²) in [4.78, 5) is 0. The van der Waals surface area contributed by atoms with Crippen LogP contribution in [0, 0.1) is 0 Å². The van der Waals surface area contributed by atoms with E-state index in [0.717, 1.165) is 5.56 Å². The van der Waals surface area contributed by atoms with E-state index in [2.05, 4.69) is 0 Å². The molecule has 0 N–H and O–H groups in total. The van der Waals surface area contributed by atoms with Gasteiger partial charge in [-0.1, -0.05) is 85.0 Å². The van der Waals surface area contributed by atoms with E-state index in [1.807, 2.05) is 98.8 Å².